The van der Waals surface area contributed by atoms with Crippen molar-refractivity contribution in [3.8, 4) is 11.8 Å². The number of hydrogen-bond donors (Lipinski definition) is 1. The van der Waals surface area contributed by atoms with Gasteiger partial charge in [-0.3, -0.25) is 14.7 Å². The van der Waals surface area contributed by atoms with Gasteiger partial charge in [0, 0.05) is 57.1 Å². The topological polar surface area (TPSA) is 65.2 Å². The monoisotopic (exact) mass is 575 g/mol. The Labute approximate surface area is 249 Å². The predicted octanol–water partition coefficient (Wildman–Crippen LogP) is 5.12. The fourth-order valence-corrected chi connectivity index (χ4v) is 5.80. The van der Waals surface area contributed by atoms with Crippen LogP contribution in [-0.2, 0) is 11.3 Å². The second-order valence-electron chi connectivity index (χ2n) is 11.3. The van der Waals surface area contributed by atoms with Gasteiger partial charge in [-0.15, -0.1) is 0 Å². The van der Waals surface area contributed by atoms with Gasteiger partial charge in [-0.05, 0) is 68.0 Å². The fraction of sp³-hybridized carbons (Fsp3) is 0.471. The van der Waals surface area contributed by atoms with Gasteiger partial charge in [0.15, 0.2) is 5.78 Å². The number of carbonyl (C=O) groups excluding carboxylic acids is 1. The van der Waals surface area contributed by atoms with Crippen LogP contribution in [-0.4, -0.2) is 79.1 Å². The summed E-state index contributed by atoms with van der Waals surface area (Å²) in [5, 5.41) is 0. The molecule has 3 aliphatic rings. The normalized spacial score (nSPS) is 19.6. The van der Waals surface area contributed by atoms with Crippen LogP contribution in [0, 0.1) is 17.8 Å². The Morgan fingerprint density at radius 1 is 1.21 bits per heavy atom. The molecule has 1 aromatic rings. The number of fused-ring (bicyclic) bond motifs is 1. The minimum Gasteiger partial charge on any atom is -0.354 e. The molecule has 224 valence electrons. The molecule has 1 fully saturated rings. The van der Waals surface area contributed by atoms with Gasteiger partial charge in [-0.25, -0.2) is 8.78 Å². The van der Waals surface area contributed by atoms with E-state index in [4.69, 9.17) is 5.73 Å². The summed E-state index contributed by atoms with van der Waals surface area (Å²) in [5.41, 5.74) is 10.6. The Balaban J connectivity index is 1.41. The van der Waals surface area contributed by atoms with Crippen LogP contribution < -0.4 is 5.73 Å². The average Bonchev–Trinajstić information content (AvgIpc) is 3.25. The lowest BCUT2D eigenvalue weighted by Gasteiger charge is -2.32. The second-order valence-corrected chi connectivity index (χ2v) is 11.3. The zero-order chi connectivity index (χ0) is 30.1. The van der Waals surface area contributed by atoms with Gasteiger partial charge in [0.1, 0.15) is 6.04 Å². The lowest BCUT2D eigenvalue weighted by molar-refractivity contribution is -0.118. The molecular formula is C34H43F2N5O. The molecule has 0 amide bonds. The third-order valence-electron chi connectivity index (χ3n) is 8.08. The molecule has 4 rings (SSSR count). The zero-order valence-electron chi connectivity index (χ0n) is 24.9. The number of piperidine rings is 1. The van der Waals surface area contributed by atoms with Gasteiger partial charge in [0.25, 0.3) is 6.43 Å². The number of carbonyl (C=O) groups is 1. The van der Waals surface area contributed by atoms with E-state index in [-0.39, 0.29) is 23.9 Å². The van der Waals surface area contributed by atoms with Crippen LogP contribution in [0.4, 0.5) is 8.78 Å². The van der Waals surface area contributed by atoms with Crippen molar-refractivity contribution >= 4 is 12.0 Å². The third-order valence-corrected chi connectivity index (χ3v) is 8.08. The summed E-state index contributed by atoms with van der Waals surface area (Å²) >= 11 is 0. The molecule has 6 nitrogen and oxygen atoms in total. The van der Waals surface area contributed by atoms with E-state index < -0.39 is 6.43 Å². The Morgan fingerprint density at radius 2 is 1.95 bits per heavy atom. The van der Waals surface area contributed by atoms with Gasteiger partial charge in [-0.2, -0.15) is 0 Å². The van der Waals surface area contributed by atoms with Crippen LogP contribution in [0.2, 0.25) is 0 Å². The Hall–Kier alpha value is -3.38. The number of Topliss-reactive ketones (excluding diaryl/α,β-unsaturated/α-hetero) is 1. The van der Waals surface area contributed by atoms with Crippen LogP contribution >= 0.6 is 0 Å². The first kappa shape index (κ1) is 31.6. The van der Waals surface area contributed by atoms with Gasteiger partial charge in [0.05, 0.1) is 12.2 Å². The maximum Gasteiger partial charge on any atom is 0.263 e. The summed E-state index contributed by atoms with van der Waals surface area (Å²) in [5.74, 6) is 7.14. The molecule has 1 atom stereocenters. The molecule has 1 aliphatic carbocycles. The number of likely N-dealkylation sites (tertiary alicyclic amines) is 1. The number of rotatable bonds is 13. The van der Waals surface area contributed by atoms with Crippen LogP contribution in [0.1, 0.15) is 50.2 Å². The van der Waals surface area contributed by atoms with Gasteiger partial charge >= 0.3 is 0 Å². The van der Waals surface area contributed by atoms with E-state index in [1.165, 1.54) is 17.7 Å². The highest BCUT2D eigenvalue weighted by Gasteiger charge is 2.32. The molecular weight excluding hydrogens is 532 g/mol. The molecule has 1 saturated heterocycles. The van der Waals surface area contributed by atoms with Crippen LogP contribution in [0.3, 0.4) is 0 Å². The van der Waals surface area contributed by atoms with Crippen molar-refractivity contribution in [2.75, 3.05) is 46.3 Å². The molecule has 0 saturated carbocycles. The van der Waals surface area contributed by atoms with E-state index in [1.54, 1.807) is 12.1 Å². The van der Waals surface area contributed by atoms with Crippen LogP contribution in [0.25, 0.3) is 0 Å². The number of nitrogens with two attached hydrogens (primary N) is 1. The van der Waals surface area contributed by atoms with E-state index in [0.29, 0.717) is 37.7 Å². The van der Waals surface area contributed by atoms with E-state index >= 15 is 0 Å². The SMILES string of the molecule is C=C(C)N=CCCN1CCC(C2=CCC#CC3C(=C2)C=C(C(=O)CN(CCN)Cc2ccc(C(F)F)cc2)N3C)CC1. The lowest BCUT2D eigenvalue weighted by atomic mass is 9.86. The molecule has 0 spiro atoms. The summed E-state index contributed by atoms with van der Waals surface area (Å²) < 4.78 is 25.9. The molecule has 2 heterocycles. The molecule has 1 unspecified atom stereocenters. The molecule has 0 aromatic heterocycles. The highest BCUT2D eigenvalue weighted by atomic mass is 19.3. The Morgan fingerprint density at radius 3 is 2.62 bits per heavy atom. The van der Waals surface area contributed by atoms with Crippen LogP contribution in [0.15, 0.2) is 76.6 Å². The van der Waals surface area contributed by atoms with E-state index in [9.17, 15) is 13.6 Å². The summed E-state index contributed by atoms with van der Waals surface area (Å²) in [6.07, 6.45) is 9.81. The van der Waals surface area contributed by atoms with Crippen molar-refractivity contribution in [2.24, 2.45) is 16.6 Å². The minimum atomic E-state index is -2.50. The molecule has 8 heteroatoms. The number of likely N-dealkylation sites (N-methyl/N-ethyl adjacent to an activating group) is 1. The number of alkyl halides is 2. The molecule has 0 bridgehead atoms. The number of ketones is 1. The largest absolute Gasteiger partial charge is 0.354 e. The zero-order valence-corrected chi connectivity index (χ0v) is 24.9. The Bertz CT molecular complexity index is 1290. The number of allylic oxidation sites excluding steroid dienone is 4. The van der Waals surface area contributed by atoms with Crippen molar-refractivity contribution in [1.29, 1.82) is 0 Å². The highest BCUT2D eigenvalue weighted by Crippen LogP contribution is 2.32. The molecule has 0 radical (unpaired) electrons. The standard InChI is InChI=1S/C34H43F2N5O/c1-25(2)38-16-6-17-40-18-13-27(14-19-40)29-7-4-5-8-31-30(21-29)22-32(39(31)3)33(42)24-41(20-15-37)23-26-9-11-28(12-10-26)34(35)36/h7,9-12,16,21-22,27,31,34H,1,4,6,13-15,17-20,23-24,37H2,2-3H3. The quantitative estimate of drug-likeness (QED) is 0.261. The molecule has 42 heavy (non-hydrogen) atoms. The first-order valence-electron chi connectivity index (χ1n) is 14.8. The maximum atomic E-state index is 13.6. The molecule has 2 aliphatic heterocycles. The summed E-state index contributed by atoms with van der Waals surface area (Å²) in [7, 11) is 1.93. The number of halogens is 2. The third kappa shape index (κ3) is 8.57. The van der Waals surface area contributed by atoms with E-state index in [0.717, 1.165) is 55.7 Å². The summed E-state index contributed by atoms with van der Waals surface area (Å²) in [6.45, 7) is 10.4. The van der Waals surface area contributed by atoms with Crippen molar-refractivity contribution < 1.29 is 13.6 Å². The van der Waals surface area contributed by atoms with Crippen molar-refractivity contribution in [1.82, 2.24) is 14.7 Å². The average molecular weight is 576 g/mol. The first-order valence-corrected chi connectivity index (χ1v) is 14.8. The number of nitrogens with zero attached hydrogens (tertiary/aromatic N) is 4. The molecule has 1 aromatic carbocycles. The van der Waals surface area contributed by atoms with Gasteiger partial charge in [-0.1, -0.05) is 54.8 Å². The fourth-order valence-electron chi connectivity index (χ4n) is 5.80. The van der Waals surface area contributed by atoms with Crippen LogP contribution in [0.5, 0.6) is 0 Å². The Kier molecular flexibility index (Phi) is 11.4. The highest BCUT2D eigenvalue weighted by molar-refractivity contribution is 5.98. The number of aliphatic imine (C=N–C) groups is 1. The lowest BCUT2D eigenvalue weighted by Crippen LogP contribution is -2.37. The van der Waals surface area contributed by atoms with Gasteiger partial charge < -0.3 is 15.5 Å². The predicted molar refractivity (Wildman–Crippen MR) is 166 cm³/mol. The summed E-state index contributed by atoms with van der Waals surface area (Å²) in [4.78, 5) is 24.3. The first-order chi connectivity index (χ1) is 20.2. The number of hydrogen-bond acceptors (Lipinski definition) is 6. The minimum absolute atomic E-state index is 0.00128. The van der Waals surface area contributed by atoms with E-state index in [1.807, 2.05) is 36.1 Å². The molecule has 2 N–H and O–H groups in total. The summed E-state index contributed by atoms with van der Waals surface area (Å²) in [6, 6.07) is 6.10. The second kappa shape index (κ2) is 15.2. The van der Waals surface area contributed by atoms with Crippen molar-refractivity contribution in [2.45, 2.75) is 51.6 Å². The van der Waals surface area contributed by atoms with Crippen molar-refractivity contribution in [3.05, 3.63) is 82.7 Å². The maximum absolute atomic E-state index is 13.6. The van der Waals surface area contributed by atoms with Gasteiger partial charge in [0.2, 0.25) is 0 Å². The van der Waals surface area contributed by atoms with E-state index in [2.05, 4.69) is 40.5 Å². The number of benzene rings is 1. The van der Waals surface area contributed by atoms with Crippen molar-refractivity contribution in [3.63, 3.8) is 0 Å². The smallest absolute Gasteiger partial charge is 0.263 e.